The van der Waals surface area contributed by atoms with Crippen LogP contribution in [0.25, 0.3) is 0 Å². The molecule has 0 radical (unpaired) electrons. The monoisotopic (exact) mass is 518 g/mol. The van der Waals surface area contributed by atoms with Gasteiger partial charge in [0.25, 0.3) is 5.91 Å². The normalized spacial score (nSPS) is 13.1. The number of carbonyl (C=O) groups is 1. The molecule has 170 valence electrons. The Labute approximate surface area is 195 Å². The molecule has 0 unspecified atom stereocenters. The zero-order valence-electron chi connectivity index (χ0n) is 16.9. The number of hydrogen-bond acceptors (Lipinski definition) is 9. The minimum atomic E-state index is -1.13. The van der Waals surface area contributed by atoms with E-state index < -0.39 is 12.9 Å². The van der Waals surface area contributed by atoms with Gasteiger partial charge in [-0.05, 0) is 56.1 Å². The number of hydrogen-bond donors (Lipinski definition) is 5. The van der Waals surface area contributed by atoms with Crippen LogP contribution in [0, 0.1) is 5.82 Å². The van der Waals surface area contributed by atoms with Gasteiger partial charge in [0.15, 0.2) is 11.5 Å². The number of anilines is 1. The molecule has 0 spiro atoms. The molecule has 0 bridgehead atoms. The van der Waals surface area contributed by atoms with E-state index in [2.05, 4.69) is 41.9 Å². The minimum absolute atomic E-state index is 0.0745. The van der Waals surface area contributed by atoms with Gasteiger partial charge in [0.2, 0.25) is 5.82 Å². The van der Waals surface area contributed by atoms with Crippen LogP contribution in [0.1, 0.15) is 21.6 Å². The fourth-order valence-electron chi connectivity index (χ4n) is 3.21. The lowest BCUT2D eigenvalue weighted by atomic mass is 9.76. The molecule has 1 aliphatic rings. The van der Waals surface area contributed by atoms with E-state index >= 15 is 0 Å². The maximum Gasteiger partial charge on any atom is 0.492 e. The molecule has 4 rings (SSSR count). The fourth-order valence-corrected chi connectivity index (χ4v) is 3.57. The van der Waals surface area contributed by atoms with Gasteiger partial charge in [-0.25, -0.2) is 14.0 Å². The standard InChI is InChI=1S/C19H17BBrFN6O5/c21-13-8-11(4-5-14(13)22)25-18(26-31)16-17(28-33-27-16)23-6-7-24-19(29)12-3-1-2-10-9-32-20(30)15(10)12/h1-5,8,30-31H,6-7,9H2,(H,23,28)(H,24,29)(H,25,26). The number of halogens is 2. The molecule has 2 aromatic carbocycles. The van der Waals surface area contributed by atoms with E-state index in [9.17, 15) is 19.4 Å². The largest absolute Gasteiger partial charge is 0.492 e. The average molecular weight is 519 g/mol. The summed E-state index contributed by atoms with van der Waals surface area (Å²) in [7, 11) is -1.13. The molecular formula is C19H17BBrFN6O5. The van der Waals surface area contributed by atoms with E-state index in [1.54, 1.807) is 18.2 Å². The molecule has 0 aliphatic carbocycles. The van der Waals surface area contributed by atoms with Crippen molar-refractivity contribution in [3.05, 3.63) is 63.5 Å². The van der Waals surface area contributed by atoms with Crippen molar-refractivity contribution in [2.24, 2.45) is 4.99 Å². The van der Waals surface area contributed by atoms with Gasteiger partial charge in [0.05, 0.1) is 16.8 Å². The molecular weight excluding hydrogens is 502 g/mol. The lowest BCUT2D eigenvalue weighted by Gasteiger charge is -2.10. The molecule has 0 fully saturated rings. The lowest BCUT2D eigenvalue weighted by Crippen LogP contribution is -2.38. The first-order valence-corrected chi connectivity index (χ1v) is 10.5. The van der Waals surface area contributed by atoms with Crippen molar-refractivity contribution in [3.8, 4) is 0 Å². The Bertz CT molecular complexity index is 1210. The maximum absolute atomic E-state index is 13.4. The number of nitrogens with one attached hydrogen (secondary N) is 3. The molecule has 1 aromatic heterocycles. The van der Waals surface area contributed by atoms with Gasteiger partial charge >= 0.3 is 7.12 Å². The summed E-state index contributed by atoms with van der Waals surface area (Å²) in [5.41, 5.74) is 3.90. The van der Waals surface area contributed by atoms with Gasteiger partial charge in [-0.3, -0.25) is 15.5 Å². The molecule has 11 nitrogen and oxygen atoms in total. The zero-order valence-corrected chi connectivity index (χ0v) is 18.5. The molecule has 1 amide bonds. The second-order valence-corrected chi connectivity index (χ2v) is 7.71. The third-order valence-electron chi connectivity index (χ3n) is 4.75. The summed E-state index contributed by atoms with van der Waals surface area (Å²) in [5.74, 6) is -0.745. The number of benzene rings is 2. The van der Waals surface area contributed by atoms with Crippen LogP contribution in [0.15, 0.2) is 50.5 Å². The first-order chi connectivity index (χ1) is 16.0. The van der Waals surface area contributed by atoms with E-state index in [0.717, 1.165) is 5.56 Å². The number of aromatic nitrogens is 2. The van der Waals surface area contributed by atoms with Crippen molar-refractivity contribution in [1.29, 1.82) is 0 Å². The maximum atomic E-state index is 13.4. The smallest absolute Gasteiger partial charge is 0.423 e. The SMILES string of the molecule is O=C(NCCNc1nonc1C(=Nc1ccc(F)c(Br)c1)NO)c1cccc2c1B(O)OC2. The van der Waals surface area contributed by atoms with Crippen LogP contribution in [0.3, 0.4) is 0 Å². The highest BCUT2D eigenvalue weighted by Gasteiger charge is 2.31. The molecule has 33 heavy (non-hydrogen) atoms. The number of amidine groups is 1. The van der Waals surface area contributed by atoms with E-state index in [1.807, 2.05) is 5.48 Å². The topological polar surface area (TPSA) is 154 Å². The summed E-state index contributed by atoms with van der Waals surface area (Å²) in [6, 6.07) is 9.18. The molecule has 1 aliphatic heterocycles. The summed E-state index contributed by atoms with van der Waals surface area (Å²) in [6.07, 6.45) is 0. The molecule has 0 saturated heterocycles. The minimum Gasteiger partial charge on any atom is -0.423 e. The Morgan fingerprint density at radius 1 is 1.27 bits per heavy atom. The summed E-state index contributed by atoms with van der Waals surface area (Å²) in [5, 5.41) is 32.5. The Kier molecular flexibility index (Phi) is 6.98. The summed E-state index contributed by atoms with van der Waals surface area (Å²) < 4.78 is 23.5. The predicted molar refractivity (Wildman–Crippen MR) is 119 cm³/mol. The second-order valence-electron chi connectivity index (χ2n) is 6.86. The molecule has 0 saturated carbocycles. The van der Waals surface area contributed by atoms with E-state index in [0.29, 0.717) is 16.7 Å². The first-order valence-electron chi connectivity index (χ1n) is 9.68. The summed E-state index contributed by atoms with van der Waals surface area (Å²) in [6.45, 7) is 0.691. The Morgan fingerprint density at radius 3 is 2.91 bits per heavy atom. The summed E-state index contributed by atoms with van der Waals surface area (Å²) >= 11 is 3.07. The Hall–Kier alpha value is -3.33. The highest BCUT2D eigenvalue weighted by Crippen LogP contribution is 2.23. The molecule has 5 N–H and O–H groups in total. The van der Waals surface area contributed by atoms with Crippen molar-refractivity contribution < 1.29 is 28.7 Å². The quantitative estimate of drug-likeness (QED) is 0.102. The second kappa shape index (κ2) is 10.1. The third kappa shape index (κ3) is 5.03. The van der Waals surface area contributed by atoms with Crippen LogP contribution in [0.4, 0.5) is 15.9 Å². The van der Waals surface area contributed by atoms with Crippen molar-refractivity contribution in [2.45, 2.75) is 6.61 Å². The number of fused-ring (bicyclic) bond motifs is 1. The number of aliphatic imine (C=N–C) groups is 1. The van der Waals surface area contributed by atoms with Crippen molar-refractivity contribution in [2.75, 3.05) is 18.4 Å². The van der Waals surface area contributed by atoms with Crippen LogP contribution < -0.4 is 21.6 Å². The fraction of sp³-hybridized carbons (Fsp3) is 0.158. The Morgan fingerprint density at radius 2 is 2.12 bits per heavy atom. The molecule has 2 heterocycles. The summed E-state index contributed by atoms with van der Waals surface area (Å²) in [4.78, 5) is 16.7. The van der Waals surface area contributed by atoms with Crippen molar-refractivity contribution in [3.63, 3.8) is 0 Å². The first kappa shape index (κ1) is 22.9. The van der Waals surface area contributed by atoms with Gasteiger partial charge in [-0.1, -0.05) is 12.1 Å². The number of rotatable bonds is 7. The average Bonchev–Trinajstić information content (AvgIpc) is 3.44. The highest BCUT2D eigenvalue weighted by atomic mass is 79.9. The number of hydroxylamine groups is 1. The molecule has 0 atom stereocenters. The number of nitrogens with zero attached hydrogens (tertiary/aromatic N) is 3. The van der Waals surface area contributed by atoms with Crippen LogP contribution >= 0.6 is 15.9 Å². The number of amides is 1. The third-order valence-corrected chi connectivity index (χ3v) is 5.36. The predicted octanol–water partition coefficient (Wildman–Crippen LogP) is 1.09. The zero-order chi connectivity index (χ0) is 23.4. The van der Waals surface area contributed by atoms with E-state index in [-0.39, 0.29) is 47.4 Å². The lowest BCUT2D eigenvalue weighted by molar-refractivity contribution is 0.0956. The number of carbonyl (C=O) groups excluding carboxylic acids is 1. The molecule has 3 aromatic rings. The van der Waals surface area contributed by atoms with Gasteiger partial charge in [-0.2, -0.15) is 0 Å². The van der Waals surface area contributed by atoms with Crippen molar-refractivity contribution >= 4 is 51.8 Å². The van der Waals surface area contributed by atoms with Crippen LogP contribution in [0.2, 0.25) is 0 Å². The van der Waals surface area contributed by atoms with E-state index in [4.69, 9.17) is 9.28 Å². The van der Waals surface area contributed by atoms with Crippen LogP contribution in [0.5, 0.6) is 0 Å². The Balaban J connectivity index is 1.38. The molecule has 14 heteroatoms. The van der Waals surface area contributed by atoms with E-state index in [1.165, 1.54) is 18.2 Å². The van der Waals surface area contributed by atoms with Gasteiger partial charge in [0, 0.05) is 24.1 Å². The van der Waals surface area contributed by atoms with Crippen molar-refractivity contribution in [1.82, 2.24) is 21.1 Å². The van der Waals surface area contributed by atoms with Gasteiger partial charge < -0.3 is 20.3 Å². The van der Waals surface area contributed by atoms with Crippen LogP contribution in [-0.4, -0.2) is 52.5 Å². The van der Waals surface area contributed by atoms with Gasteiger partial charge in [0.1, 0.15) is 5.82 Å². The van der Waals surface area contributed by atoms with Gasteiger partial charge in [-0.15, -0.1) is 0 Å². The van der Waals surface area contributed by atoms with Crippen LogP contribution in [-0.2, 0) is 11.3 Å². The highest BCUT2D eigenvalue weighted by molar-refractivity contribution is 9.10.